The van der Waals surface area contributed by atoms with Gasteiger partial charge in [-0.1, -0.05) is 6.42 Å². The van der Waals surface area contributed by atoms with Crippen molar-refractivity contribution in [3.05, 3.63) is 47.5 Å². The Morgan fingerprint density at radius 1 is 1.19 bits per heavy atom. The van der Waals surface area contributed by atoms with Crippen LogP contribution < -0.4 is 5.32 Å². The predicted molar refractivity (Wildman–Crippen MR) is 103 cm³/mol. The van der Waals surface area contributed by atoms with Crippen LogP contribution in [-0.4, -0.2) is 46.3 Å². The zero-order valence-corrected chi connectivity index (χ0v) is 15.8. The Morgan fingerprint density at radius 3 is 2.78 bits per heavy atom. The zero-order chi connectivity index (χ0) is 18.8. The quantitative estimate of drug-likeness (QED) is 0.898. The number of amides is 1. The summed E-state index contributed by atoms with van der Waals surface area (Å²) in [6.45, 7) is 5.01. The number of fused-ring (bicyclic) bond motifs is 1. The number of nitrogens with zero attached hydrogens (tertiary/aromatic N) is 3. The fourth-order valence-electron chi connectivity index (χ4n) is 4.61. The van der Waals surface area contributed by atoms with Crippen molar-refractivity contribution in [2.45, 2.75) is 45.1 Å². The average molecular weight is 370 g/mol. The van der Waals surface area contributed by atoms with Crippen molar-refractivity contribution in [3.8, 4) is 5.69 Å². The van der Waals surface area contributed by atoms with E-state index in [1.165, 1.54) is 57.3 Å². The number of piperidine rings is 2. The molecule has 0 bridgehead atoms. The Kier molecular flexibility index (Phi) is 5.25. The van der Waals surface area contributed by atoms with Crippen molar-refractivity contribution in [2.24, 2.45) is 5.92 Å². The van der Waals surface area contributed by atoms with Crippen LogP contribution in [0.25, 0.3) is 5.69 Å². The highest BCUT2D eigenvalue weighted by molar-refractivity contribution is 5.95. The molecular formula is C21H27FN4O. The summed E-state index contributed by atoms with van der Waals surface area (Å²) in [6, 6.07) is 6.74. The van der Waals surface area contributed by atoms with Crippen LogP contribution in [0.2, 0.25) is 0 Å². The normalized spacial score (nSPS) is 23.0. The van der Waals surface area contributed by atoms with Crippen LogP contribution in [0, 0.1) is 18.7 Å². The molecule has 4 rings (SSSR count). The Balaban J connectivity index is 1.42. The van der Waals surface area contributed by atoms with E-state index < -0.39 is 0 Å². The molecule has 0 spiro atoms. The third-order valence-corrected chi connectivity index (χ3v) is 6.08. The van der Waals surface area contributed by atoms with Gasteiger partial charge in [-0.05, 0) is 75.9 Å². The van der Waals surface area contributed by atoms with Crippen molar-refractivity contribution in [1.29, 1.82) is 0 Å². The average Bonchev–Trinajstić information content (AvgIpc) is 3.08. The van der Waals surface area contributed by atoms with Gasteiger partial charge in [-0.2, -0.15) is 5.10 Å². The number of halogens is 1. The van der Waals surface area contributed by atoms with E-state index in [1.54, 1.807) is 23.0 Å². The SMILES string of the molecule is Cc1c(C(=O)NC[C@@H]2CCCN3CCCC[C@H]23)cnn1-c1ccc(F)cc1. The van der Waals surface area contributed by atoms with E-state index in [4.69, 9.17) is 0 Å². The first-order valence-corrected chi connectivity index (χ1v) is 9.96. The van der Waals surface area contributed by atoms with E-state index in [9.17, 15) is 9.18 Å². The number of carbonyl (C=O) groups is 1. The Bertz CT molecular complexity index is 799. The molecule has 0 aliphatic carbocycles. The van der Waals surface area contributed by atoms with Gasteiger partial charge < -0.3 is 10.2 Å². The summed E-state index contributed by atoms with van der Waals surface area (Å²) in [5, 5.41) is 7.46. The van der Waals surface area contributed by atoms with Crippen molar-refractivity contribution in [2.75, 3.05) is 19.6 Å². The third-order valence-electron chi connectivity index (χ3n) is 6.08. The van der Waals surface area contributed by atoms with Gasteiger partial charge in [0.25, 0.3) is 5.91 Å². The minimum absolute atomic E-state index is 0.0752. The zero-order valence-electron chi connectivity index (χ0n) is 15.8. The van der Waals surface area contributed by atoms with Gasteiger partial charge in [0.2, 0.25) is 0 Å². The molecule has 5 nitrogen and oxygen atoms in total. The van der Waals surface area contributed by atoms with Crippen molar-refractivity contribution >= 4 is 5.91 Å². The molecule has 144 valence electrons. The summed E-state index contributed by atoms with van der Waals surface area (Å²) < 4.78 is 14.8. The maximum Gasteiger partial charge on any atom is 0.254 e. The first kappa shape index (κ1) is 18.2. The van der Waals surface area contributed by atoms with Crippen LogP contribution >= 0.6 is 0 Å². The number of nitrogens with one attached hydrogen (secondary N) is 1. The van der Waals surface area contributed by atoms with E-state index in [0.717, 1.165) is 17.9 Å². The summed E-state index contributed by atoms with van der Waals surface area (Å²) in [5.41, 5.74) is 2.09. The van der Waals surface area contributed by atoms with E-state index in [-0.39, 0.29) is 11.7 Å². The van der Waals surface area contributed by atoms with Gasteiger partial charge in [-0.15, -0.1) is 0 Å². The monoisotopic (exact) mass is 370 g/mol. The summed E-state index contributed by atoms with van der Waals surface area (Å²) in [4.78, 5) is 15.3. The summed E-state index contributed by atoms with van der Waals surface area (Å²) >= 11 is 0. The largest absolute Gasteiger partial charge is 0.352 e. The lowest BCUT2D eigenvalue weighted by atomic mass is 9.83. The molecule has 2 saturated heterocycles. The number of hydrogen-bond acceptors (Lipinski definition) is 3. The number of hydrogen-bond donors (Lipinski definition) is 1. The maximum atomic E-state index is 13.1. The smallest absolute Gasteiger partial charge is 0.254 e. The first-order chi connectivity index (χ1) is 13.1. The molecule has 0 saturated carbocycles. The Labute approximate surface area is 159 Å². The lowest BCUT2D eigenvalue weighted by molar-refractivity contribution is 0.0575. The second kappa shape index (κ2) is 7.80. The number of rotatable bonds is 4. The van der Waals surface area contributed by atoms with Crippen molar-refractivity contribution in [3.63, 3.8) is 0 Å². The number of aromatic nitrogens is 2. The lowest BCUT2D eigenvalue weighted by Gasteiger charge is -2.44. The van der Waals surface area contributed by atoms with Gasteiger partial charge in [-0.3, -0.25) is 4.79 Å². The Hall–Kier alpha value is -2.21. The lowest BCUT2D eigenvalue weighted by Crippen LogP contribution is -2.51. The summed E-state index contributed by atoms with van der Waals surface area (Å²) in [7, 11) is 0. The molecule has 2 atom stereocenters. The molecule has 2 fully saturated rings. The second-order valence-corrected chi connectivity index (χ2v) is 7.74. The van der Waals surface area contributed by atoms with Gasteiger partial charge >= 0.3 is 0 Å². The number of benzene rings is 1. The highest BCUT2D eigenvalue weighted by Crippen LogP contribution is 2.30. The van der Waals surface area contributed by atoms with Crippen LogP contribution in [-0.2, 0) is 0 Å². The molecule has 6 heteroatoms. The van der Waals surface area contributed by atoms with Crippen LogP contribution in [0.5, 0.6) is 0 Å². The van der Waals surface area contributed by atoms with Crippen LogP contribution in [0.3, 0.4) is 0 Å². The fraction of sp³-hybridized carbons (Fsp3) is 0.524. The fourth-order valence-corrected chi connectivity index (χ4v) is 4.61. The third kappa shape index (κ3) is 3.76. The minimum atomic E-state index is -0.286. The molecule has 0 unspecified atom stereocenters. The summed E-state index contributed by atoms with van der Waals surface area (Å²) in [5.74, 6) is 0.176. The van der Waals surface area contributed by atoms with Crippen molar-refractivity contribution < 1.29 is 9.18 Å². The van der Waals surface area contributed by atoms with E-state index in [0.29, 0.717) is 17.5 Å². The van der Waals surface area contributed by atoms with Crippen LogP contribution in [0.15, 0.2) is 30.5 Å². The molecule has 2 aromatic rings. The molecular weight excluding hydrogens is 343 g/mol. The van der Waals surface area contributed by atoms with Gasteiger partial charge in [0, 0.05) is 12.6 Å². The van der Waals surface area contributed by atoms with Gasteiger partial charge in [-0.25, -0.2) is 9.07 Å². The maximum absolute atomic E-state index is 13.1. The molecule has 0 radical (unpaired) electrons. The molecule has 3 heterocycles. The standard InChI is InChI=1S/C21H27FN4O/c1-15-19(14-24-26(15)18-9-7-17(22)8-10-18)21(27)23-13-16-5-4-12-25-11-3-2-6-20(16)25/h7-10,14,16,20H,2-6,11-13H2,1H3,(H,23,27)/t16-,20+/m0/s1. The van der Waals surface area contributed by atoms with Gasteiger partial charge in [0.15, 0.2) is 0 Å². The number of carbonyl (C=O) groups excluding carboxylic acids is 1. The summed E-state index contributed by atoms with van der Waals surface area (Å²) in [6.07, 6.45) is 7.87. The highest BCUT2D eigenvalue weighted by Gasteiger charge is 2.33. The van der Waals surface area contributed by atoms with Crippen LogP contribution in [0.1, 0.15) is 48.2 Å². The van der Waals surface area contributed by atoms with Gasteiger partial charge in [0.1, 0.15) is 5.82 Å². The van der Waals surface area contributed by atoms with Gasteiger partial charge in [0.05, 0.1) is 23.1 Å². The molecule has 1 aromatic carbocycles. The topological polar surface area (TPSA) is 50.2 Å². The van der Waals surface area contributed by atoms with Crippen molar-refractivity contribution in [1.82, 2.24) is 20.0 Å². The molecule has 2 aliphatic rings. The highest BCUT2D eigenvalue weighted by atomic mass is 19.1. The predicted octanol–water partition coefficient (Wildman–Crippen LogP) is 3.31. The van der Waals surface area contributed by atoms with E-state index >= 15 is 0 Å². The molecule has 1 aromatic heterocycles. The van der Waals surface area contributed by atoms with E-state index in [1.807, 2.05) is 6.92 Å². The second-order valence-electron chi connectivity index (χ2n) is 7.74. The molecule has 1 N–H and O–H groups in total. The van der Waals surface area contributed by atoms with E-state index in [2.05, 4.69) is 15.3 Å². The molecule has 27 heavy (non-hydrogen) atoms. The first-order valence-electron chi connectivity index (χ1n) is 9.96. The Morgan fingerprint density at radius 2 is 1.96 bits per heavy atom. The van der Waals surface area contributed by atoms with Crippen LogP contribution in [0.4, 0.5) is 4.39 Å². The molecule has 2 aliphatic heterocycles. The minimum Gasteiger partial charge on any atom is -0.352 e. The molecule has 1 amide bonds.